The molecule has 2 amide bonds. The minimum atomic E-state index is -4.56. The van der Waals surface area contributed by atoms with Crippen molar-refractivity contribution in [3.8, 4) is 0 Å². The molecule has 1 N–H and O–H groups in total. The van der Waals surface area contributed by atoms with Crippen molar-refractivity contribution in [1.29, 1.82) is 0 Å². The summed E-state index contributed by atoms with van der Waals surface area (Å²) in [6.45, 7) is 1.62. The van der Waals surface area contributed by atoms with Crippen molar-refractivity contribution in [1.82, 2.24) is 10.2 Å². The Balaban J connectivity index is 2.00. The number of hydrogen-bond acceptors (Lipinski definition) is 2. The topological polar surface area (TPSA) is 49.4 Å². The maximum Gasteiger partial charge on any atom is 0.416 e. The van der Waals surface area contributed by atoms with Crippen LogP contribution >= 0.6 is 0 Å². The minimum Gasteiger partial charge on any atom is -0.350 e. The predicted molar refractivity (Wildman–Crippen MR) is 91.3 cm³/mol. The van der Waals surface area contributed by atoms with Crippen LogP contribution in [-0.2, 0) is 17.5 Å². The summed E-state index contributed by atoms with van der Waals surface area (Å²) in [7, 11) is 0. The molecule has 8 heteroatoms. The third-order valence-electron chi connectivity index (χ3n) is 3.84. The number of likely N-dealkylation sites (N-methyl/N-ethyl adjacent to an activating group) is 1. The fourth-order valence-electron chi connectivity index (χ4n) is 2.37. The van der Waals surface area contributed by atoms with E-state index in [2.05, 4.69) is 5.32 Å². The van der Waals surface area contributed by atoms with Gasteiger partial charge in [-0.15, -0.1) is 0 Å². The van der Waals surface area contributed by atoms with Crippen molar-refractivity contribution in [2.24, 2.45) is 0 Å². The van der Waals surface area contributed by atoms with Gasteiger partial charge in [-0.2, -0.15) is 13.2 Å². The van der Waals surface area contributed by atoms with E-state index in [1.54, 1.807) is 6.92 Å². The largest absolute Gasteiger partial charge is 0.416 e. The molecule has 0 saturated heterocycles. The molecule has 0 unspecified atom stereocenters. The summed E-state index contributed by atoms with van der Waals surface area (Å²) in [5.74, 6) is -1.53. The first kappa shape index (κ1) is 20.4. The molecule has 0 aliphatic carbocycles. The van der Waals surface area contributed by atoms with Crippen molar-refractivity contribution in [3.05, 3.63) is 71.0 Å². The lowest BCUT2D eigenvalue weighted by Gasteiger charge is -2.21. The number of carbonyl (C=O) groups excluding carboxylic acids is 2. The van der Waals surface area contributed by atoms with Crippen molar-refractivity contribution >= 4 is 11.8 Å². The summed E-state index contributed by atoms with van der Waals surface area (Å²) in [4.78, 5) is 25.6. The van der Waals surface area contributed by atoms with E-state index >= 15 is 0 Å². The van der Waals surface area contributed by atoms with E-state index in [4.69, 9.17) is 0 Å². The molecule has 0 aliphatic heterocycles. The summed E-state index contributed by atoms with van der Waals surface area (Å²) in [6, 6.07) is 9.62. The van der Waals surface area contributed by atoms with Crippen LogP contribution in [0.1, 0.15) is 28.4 Å². The molecular formula is C19H18F4N2O2. The maximum atomic E-state index is 12.9. The number of benzene rings is 2. The highest BCUT2D eigenvalue weighted by atomic mass is 19.4. The summed E-state index contributed by atoms with van der Waals surface area (Å²) < 4.78 is 51.2. The smallest absolute Gasteiger partial charge is 0.350 e. The van der Waals surface area contributed by atoms with E-state index in [0.717, 1.165) is 23.1 Å². The monoisotopic (exact) mass is 382 g/mol. The number of rotatable bonds is 6. The van der Waals surface area contributed by atoms with E-state index in [9.17, 15) is 27.2 Å². The number of nitrogens with zero attached hydrogens (tertiary/aromatic N) is 1. The molecule has 2 rings (SSSR count). The molecule has 0 saturated carbocycles. The van der Waals surface area contributed by atoms with Crippen molar-refractivity contribution in [2.45, 2.75) is 19.6 Å². The van der Waals surface area contributed by atoms with Crippen LogP contribution in [0.3, 0.4) is 0 Å². The van der Waals surface area contributed by atoms with Crippen molar-refractivity contribution < 1.29 is 27.2 Å². The van der Waals surface area contributed by atoms with E-state index in [0.29, 0.717) is 5.56 Å². The van der Waals surface area contributed by atoms with Gasteiger partial charge in [0.2, 0.25) is 5.91 Å². The molecule has 2 aromatic carbocycles. The van der Waals surface area contributed by atoms with Gasteiger partial charge < -0.3 is 10.2 Å². The van der Waals surface area contributed by atoms with Crippen LogP contribution in [0.2, 0.25) is 0 Å². The highest BCUT2D eigenvalue weighted by molar-refractivity contribution is 5.96. The van der Waals surface area contributed by atoms with Crippen LogP contribution in [0, 0.1) is 5.82 Å². The number of nitrogens with one attached hydrogen (secondary N) is 1. The van der Waals surface area contributed by atoms with E-state index < -0.39 is 29.4 Å². The Morgan fingerprint density at radius 2 is 1.74 bits per heavy atom. The average Bonchev–Trinajstić information content (AvgIpc) is 2.64. The second kappa shape index (κ2) is 8.66. The Morgan fingerprint density at radius 1 is 1.07 bits per heavy atom. The Morgan fingerprint density at radius 3 is 2.33 bits per heavy atom. The van der Waals surface area contributed by atoms with Gasteiger partial charge in [0.05, 0.1) is 12.1 Å². The molecule has 0 fully saturated rings. The summed E-state index contributed by atoms with van der Waals surface area (Å²) in [6.07, 6.45) is -4.56. The van der Waals surface area contributed by atoms with Crippen LogP contribution in [0.25, 0.3) is 0 Å². The predicted octanol–water partition coefficient (Wildman–Crippen LogP) is 3.62. The minimum absolute atomic E-state index is 0.141. The molecule has 0 radical (unpaired) electrons. The van der Waals surface area contributed by atoms with Gasteiger partial charge in [0.25, 0.3) is 5.91 Å². The van der Waals surface area contributed by atoms with Gasteiger partial charge in [-0.3, -0.25) is 9.59 Å². The molecule has 0 aromatic heterocycles. The Hall–Kier alpha value is -2.90. The highest BCUT2D eigenvalue weighted by Crippen LogP contribution is 2.29. The van der Waals surface area contributed by atoms with Gasteiger partial charge in [0.1, 0.15) is 5.82 Å². The Kier molecular flexibility index (Phi) is 6.55. The third kappa shape index (κ3) is 5.80. The van der Waals surface area contributed by atoms with Gasteiger partial charge in [0, 0.05) is 18.7 Å². The summed E-state index contributed by atoms with van der Waals surface area (Å²) in [5.41, 5.74) is -0.389. The van der Waals surface area contributed by atoms with Crippen LogP contribution < -0.4 is 5.32 Å². The van der Waals surface area contributed by atoms with Crippen molar-refractivity contribution in [3.63, 3.8) is 0 Å². The first-order valence-electron chi connectivity index (χ1n) is 8.18. The second-order valence-electron chi connectivity index (χ2n) is 5.80. The zero-order chi connectivity index (χ0) is 20.0. The summed E-state index contributed by atoms with van der Waals surface area (Å²) >= 11 is 0. The quantitative estimate of drug-likeness (QED) is 0.776. The maximum absolute atomic E-state index is 12.9. The second-order valence-corrected chi connectivity index (χ2v) is 5.80. The molecule has 2 aromatic rings. The first-order valence-corrected chi connectivity index (χ1v) is 8.18. The molecular weight excluding hydrogens is 364 g/mol. The van der Waals surface area contributed by atoms with Crippen molar-refractivity contribution in [2.75, 3.05) is 13.1 Å². The van der Waals surface area contributed by atoms with Crippen LogP contribution in [0.4, 0.5) is 17.6 Å². The molecule has 0 bridgehead atoms. The molecule has 0 heterocycles. The van der Waals surface area contributed by atoms with Crippen LogP contribution in [0.15, 0.2) is 48.5 Å². The van der Waals surface area contributed by atoms with E-state index in [1.165, 1.54) is 30.3 Å². The van der Waals surface area contributed by atoms with Gasteiger partial charge in [-0.25, -0.2) is 4.39 Å². The molecule has 0 aliphatic rings. The SMILES string of the molecule is CCN(CC(=O)NCc1ccc(F)cc1)C(=O)c1cccc(C(F)(F)F)c1. The van der Waals surface area contributed by atoms with E-state index in [1.807, 2.05) is 0 Å². The van der Waals surface area contributed by atoms with Crippen LogP contribution in [0.5, 0.6) is 0 Å². The van der Waals surface area contributed by atoms with Crippen LogP contribution in [-0.4, -0.2) is 29.8 Å². The highest BCUT2D eigenvalue weighted by Gasteiger charge is 2.31. The lowest BCUT2D eigenvalue weighted by Crippen LogP contribution is -2.40. The van der Waals surface area contributed by atoms with E-state index in [-0.39, 0.29) is 25.2 Å². The number of hydrogen-bond donors (Lipinski definition) is 1. The Bertz CT molecular complexity index is 804. The fourth-order valence-corrected chi connectivity index (χ4v) is 2.37. The standard InChI is InChI=1S/C19H18F4N2O2/c1-2-25(12-17(26)24-11-13-6-8-16(20)9-7-13)18(27)14-4-3-5-15(10-14)19(21,22)23/h3-10H,2,11-12H2,1H3,(H,24,26). The molecule has 27 heavy (non-hydrogen) atoms. The first-order chi connectivity index (χ1) is 12.7. The molecule has 4 nitrogen and oxygen atoms in total. The van der Waals surface area contributed by atoms with Gasteiger partial charge >= 0.3 is 6.18 Å². The lowest BCUT2D eigenvalue weighted by atomic mass is 10.1. The summed E-state index contributed by atoms with van der Waals surface area (Å²) in [5, 5.41) is 2.59. The van der Waals surface area contributed by atoms with Gasteiger partial charge in [-0.05, 0) is 42.8 Å². The Labute approximate surface area is 153 Å². The van der Waals surface area contributed by atoms with Gasteiger partial charge in [0.15, 0.2) is 0 Å². The number of carbonyl (C=O) groups is 2. The molecule has 0 spiro atoms. The van der Waals surface area contributed by atoms with Gasteiger partial charge in [-0.1, -0.05) is 18.2 Å². The number of alkyl halides is 3. The third-order valence-corrected chi connectivity index (χ3v) is 3.84. The normalized spacial score (nSPS) is 11.1. The zero-order valence-corrected chi connectivity index (χ0v) is 14.5. The molecule has 144 valence electrons. The number of halogens is 4. The zero-order valence-electron chi connectivity index (χ0n) is 14.5. The fraction of sp³-hybridized carbons (Fsp3) is 0.263. The number of amides is 2. The molecule has 0 atom stereocenters. The average molecular weight is 382 g/mol. The lowest BCUT2D eigenvalue weighted by molar-refractivity contribution is -0.137.